The Morgan fingerprint density at radius 3 is 2.88 bits per heavy atom. The van der Waals surface area contributed by atoms with Gasteiger partial charge >= 0.3 is 0 Å². The van der Waals surface area contributed by atoms with Crippen LogP contribution in [0.4, 0.5) is 4.39 Å². The van der Waals surface area contributed by atoms with Crippen molar-refractivity contribution in [1.82, 2.24) is 15.0 Å². The topological polar surface area (TPSA) is 30.7 Å². The van der Waals surface area contributed by atoms with Gasteiger partial charge in [0.25, 0.3) is 0 Å². The molecule has 2 aromatic rings. The molecule has 5 heteroatoms. The molecule has 3 nitrogen and oxygen atoms in total. The fraction of sp³-hybridized carbons (Fsp3) is 0.500. The van der Waals surface area contributed by atoms with E-state index in [2.05, 4.69) is 10.3 Å². The lowest BCUT2D eigenvalue weighted by atomic mass is 10.1. The summed E-state index contributed by atoms with van der Waals surface area (Å²) in [4.78, 5) is 0. The minimum Gasteiger partial charge on any atom is -0.244 e. The Morgan fingerprint density at radius 2 is 2.12 bits per heavy atom. The van der Waals surface area contributed by atoms with Gasteiger partial charge < -0.3 is 0 Å². The van der Waals surface area contributed by atoms with Crippen molar-refractivity contribution in [3.8, 4) is 0 Å². The van der Waals surface area contributed by atoms with Crippen molar-refractivity contribution in [3.63, 3.8) is 0 Å². The number of hydrogen-bond acceptors (Lipinski definition) is 2. The average molecular weight is 254 g/mol. The number of benzene rings is 1. The Kier molecular flexibility index (Phi) is 2.74. The lowest BCUT2D eigenvalue weighted by Gasteiger charge is -2.08. The number of fused-ring (bicyclic) bond motifs is 1. The molecule has 1 saturated carbocycles. The lowest BCUT2D eigenvalue weighted by molar-refractivity contribution is 0.429. The average Bonchev–Trinajstić information content (AvgIpc) is 2.92. The van der Waals surface area contributed by atoms with E-state index in [0.29, 0.717) is 11.4 Å². The second-order valence-corrected chi connectivity index (χ2v) is 5.08. The third-order valence-corrected chi connectivity index (χ3v) is 3.75. The predicted octanol–water partition coefficient (Wildman–Crippen LogP) is 3.41. The van der Waals surface area contributed by atoms with Crippen molar-refractivity contribution >= 4 is 22.6 Å². The van der Waals surface area contributed by atoms with Crippen LogP contribution < -0.4 is 0 Å². The van der Waals surface area contributed by atoms with Gasteiger partial charge in [-0.15, -0.1) is 5.10 Å². The van der Waals surface area contributed by atoms with E-state index in [1.165, 1.54) is 37.8 Å². The first kappa shape index (κ1) is 11.0. The molecule has 0 radical (unpaired) electrons. The van der Waals surface area contributed by atoms with E-state index >= 15 is 0 Å². The van der Waals surface area contributed by atoms with Crippen molar-refractivity contribution in [2.75, 3.05) is 0 Å². The molecule has 0 amide bonds. The molecule has 0 atom stereocenters. The molecule has 1 aromatic heterocycles. The van der Waals surface area contributed by atoms with Crippen molar-refractivity contribution in [1.29, 1.82) is 0 Å². The smallest absolute Gasteiger partial charge is 0.144 e. The lowest BCUT2D eigenvalue weighted by Crippen LogP contribution is -2.08. The molecule has 3 rings (SSSR count). The summed E-state index contributed by atoms with van der Waals surface area (Å²) in [6, 6.07) is 2.96. The van der Waals surface area contributed by atoms with Crippen LogP contribution in [0.5, 0.6) is 0 Å². The molecule has 0 unspecified atom stereocenters. The largest absolute Gasteiger partial charge is 0.244 e. The highest BCUT2D eigenvalue weighted by molar-refractivity contribution is 6.31. The highest BCUT2D eigenvalue weighted by atomic mass is 35.5. The summed E-state index contributed by atoms with van der Waals surface area (Å²) in [5, 5.41) is 8.21. The molecule has 0 bridgehead atoms. The normalized spacial score (nSPS) is 17.1. The fourth-order valence-corrected chi connectivity index (χ4v) is 2.69. The first-order valence-corrected chi connectivity index (χ1v) is 6.30. The summed E-state index contributed by atoms with van der Waals surface area (Å²) in [6.07, 6.45) is 5.05. The summed E-state index contributed by atoms with van der Waals surface area (Å²) < 4.78 is 15.2. The van der Waals surface area contributed by atoms with Crippen molar-refractivity contribution in [2.45, 2.75) is 32.2 Å². The zero-order valence-corrected chi connectivity index (χ0v) is 10.1. The molecule has 0 spiro atoms. The van der Waals surface area contributed by atoms with Gasteiger partial charge in [-0.25, -0.2) is 9.07 Å². The molecule has 1 fully saturated rings. The van der Waals surface area contributed by atoms with Crippen molar-refractivity contribution in [3.05, 3.63) is 23.0 Å². The molecule has 1 aliphatic carbocycles. The zero-order valence-electron chi connectivity index (χ0n) is 9.37. The van der Waals surface area contributed by atoms with Crippen LogP contribution in [0.3, 0.4) is 0 Å². The quantitative estimate of drug-likeness (QED) is 0.821. The van der Waals surface area contributed by atoms with Crippen LogP contribution in [-0.4, -0.2) is 15.0 Å². The molecule has 1 aromatic carbocycles. The standard InChI is InChI=1S/C12H13ClFN3/c13-9-5-11-12(6-10(9)14)17(16-15-11)7-8-3-1-2-4-8/h5-6,8H,1-4,7H2. The zero-order chi connectivity index (χ0) is 11.8. The van der Waals surface area contributed by atoms with Crippen LogP contribution in [0.2, 0.25) is 5.02 Å². The number of halogens is 2. The van der Waals surface area contributed by atoms with E-state index < -0.39 is 5.82 Å². The molecular formula is C12H13ClFN3. The van der Waals surface area contributed by atoms with Gasteiger partial charge in [0.05, 0.1) is 10.5 Å². The minimum atomic E-state index is -0.408. The van der Waals surface area contributed by atoms with Crippen LogP contribution in [0.15, 0.2) is 12.1 Å². The van der Waals surface area contributed by atoms with Gasteiger partial charge in [0.15, 0.2) is 0 Å². The Bertz CT molecular complexity index is 546. The second kappa shape index (κ2) is 4.26. The van der Waals surface area contributed by atoms with Gasteiger partial charge in [0, 0.05) is 12.6 Å². The molecular weight excluding hydrogens is 241 g/mol. The Balaban J connectivity index is 1.96. The first-order chi connectivity index (χ1) is 8.24. The minimum absolute atomic E-state index is 0.102. The van der Waals surface area contributed by atoms with Gasteiger partial charge in [-0.05, 0) is 24.8 Å². The summed E-state index contributed by atoms with van der Waals surface area (Å²) in [7, 11) is 0. The second-order valence-electron chi connectivity index (χ2n) is 4.68. The van der Waals surface area contributed by atoms with E-state index in [1.807, 2.05) is 0 Å². The van der Waals surface area contributed by atoms with Gasteiger partial charge in [0.1, 0.15) is 11.3 Å². The van der Waals surface area contributed by atoms with E-state index in [0.717, 1.165) is 12.1 Å². The molecule has 0 saturated heterocycles. The summed E-state index contributed by atoms with van der Waals surface area (Å²) in [5.41, 5.74) is 1.40. The SMILES string of the molecule is Fc1cc2c(cc1Cl)nnn2CC1CCCC1. The van der Waals surface area contributed by atoms with Gasteiger partial charge in [-0.2, -0.15) is 0 Å². The molecule has 0 N–H and O–H groups in total. The van der Waals surface area contributed by atoms with E-state index in [-0.39, 0.29) is 5.02 Å². The maximum atomic E-state index is 13.4. The molecule has 0 aliphatic heterocycles. The number of rotatable bonds is 2. The first-order valence-electron chi connectivity index (χ1n) is 5.92. The molecule has 1 aliphatic rings. The van der Waals surface area contributed by atoms with Gasteiger partial charge in [-0.1, -0.05) is 29.7 Å². The van der Waals surface area contributed by atoms with Crippen LogP contribution in [0, 0.1) is 11.7 Å². The Morgan fingerprint density at radius 1 is 1.35 bits per heavy atom. The monoisotopic (exact) mass is 253 g/mol. The number of hydrogen-bond donors (Lipinski definition) is 0. The highest BCUT2D eigenvalue weighted by Crippen LogP contribution is 2.28. The van der Waals surface area contributed by atoms with Crippen LogP contribution >= 0.6 is 11.6 Å². The molecule has 90 valence electrons. The van der Waals surface area contributed by atoms with Crippen molar-refractivity contribution < 1.29 is 4.39 Å². The Labute approximate surface area is 104 Å². The fourth-order valence-electron chi connectivity index (χ4n) is 2.54. The van der Waals surface area contributed by atoms with E-state index in [4.69, 9.17) is 11.6 Å². The van der Waals surface area contributed by atoms with Crippen molar-refractivity contribution in [2.24, 2.45) is 5.92 Å². The third kappa shape index (κ3) is 2.02. The molecule has 1 heterocycles. The summed E-state index contributed by atoms with van der Waals surface area (Å²) in [5.74, 6) is 0.243. The number of aromatic nitrogens is 3. The highest BCUT2D eigenvalue weighted by Gasteiger charge is 2.18. The van der Waals surface area contributed by atoms with Gasteiger partial charge in [0.2, 0.25) is 0 Å². The third-order valence-electron chi connectivity index (χ3n) is 3.46. The Hall–Kier alpha value is -1.16. The van der Waals surface area contributed by atoms with E-state index in [9.17, 15) is 4.39 Å². The number of nitrogens with zero attached hydrogens (tertiary/aromatic N) is 3. The van der Waals surface area contributed by atoms with Crippen LogP contribution in [-0.2, 0) is 6.54 Å². The molecule has 17 heavy (non-hydrogen) atoms. The van der Waals surface area contributed by atoms with Crippen LogP contribution in [0.1, 0.15) is 25.7 Å². The maximum absolute atomic E-state index is 13.4. The van der Waals surface area contributed by atoms with Crippen LogP contribution in [0.25, 0.3) is 11.0 Å². The summed E-state index contributed by atoms with van der Waals surface area (Å²) >= 11 is 5.72. The maximum Gasteiger partial charge on any atom is 0.144 e. The predicted molar refractivity (Wildman–Crippen MR) is 64.5 cm³/mol. The summed E-state index contributed by atoms with van der Waals surface area (Å²) in [6.45, 7) is 0.831. The van der Waals surface area contributed by atoms with Gasteiger partial charge in [-0.3, -0.25) is 0 Å². The van der Waals surface area contributed by atoms with E-state index in [1.54, 1.807) is 4.68 Å².